The number of fused-ring (bicyclic) bond motifs is 2. The molecule has 0 radical (unpaired) electrons. The Morgan fingerprint density at radius 2 is 1.71 bits per heavy atom. The molecule has 0 bridgehead atoms. The molecule has 0 saturated carbocycles. The molecule has 132 valence electrons. The molecule has 4 heterocycles. The van der Waals surface area contributed by atoms with Crippen LogP contribution in [0.25, 0.3) is 0 Å². The molecule has 0 N–H and O–H groups in total. The summed E-state index contributed by atoms with van der Waals surface area (Å²) in [4.78, 5) is 0. The maximum absolute atomic E-state index is 4.27. The predicted octanol–water partition coefficient (Wildman–Crippen LogP) is 3.43. The summed E-state index contributed by atoms with van der Waals surface area (Å²) in [5, 5.41) is 16.8. The van der Waals surface area contributed by atoms with Gasteiger partial charge >= 0.3 is 0 Å². The summed E-state index contributed by atoms with van der Waals surface area (Å²) in [5.41, 5.74) is 0.115. The van der Waals surface area contributed by atoms with E-state index in [0.29, 0.717) is 12.0 Å². The third kappa shape index (κ3) is 3.10. The van der Waals surface area contributed by atoms with Crippen molar-refractivity contribution in [2.75, 3.05) is 0 Å². The van der Waals surface area contributed by atoms with E-state index in [0.717, 1.165) is 36.9 Å². The fourth-order valence-electron chi connectivity index (χ4n) is 3.54. The van der Waals surface area contributed by atoms with Gasteiger partial charge in [-0.3, -0.25) is 0 Å². The fraction of sp³-hybridized carbons (Fsp3) is 0.778. The molecule has 24 heavy (non-hydrogen) atoms. The van der Waals surface area contributed by atoms with Crippen LogP contribution in [0, 0.1) is 0 Å². The minimum Gasteiger partial charge on any atom is -0.315 e. The quantitative estimate of drug-likeness (QED) is 0.803. The largest absolute Gasteiger partial charge is 0.315 e. The van der Waals surface area contributed by atoms with Gasteiger partial charge < -0.3 is 9.13 Å². The molecule has 6 heteroatoms. The van der Waals surface area contributed by atoms with Crippen molar-refractivity contribution in [3.05, 3.63) is 23.3 Å². The van der Waals surface area contributed by atoms with Crippen molar-refractivity contribution in [2.24, 2.45) is 0 Å². The van der Waals surface area contributed by atoms with E-state index in [1.54, 1.807) is 0 Å². The fourth-order valence-corrected chi connectivity index (χ4v) is 3.54. The summed E-state index contributed by atoms with van der Waals surface area (Å²) in [5.74, 6) is 5.13. The van der Waals surface area contributed by atoms with Crippen molar-refractivity contribution >= 4 is 0 Å². The number of hydrogen-bond acceptors (Lipinski definition) is 4. The van der Waals surface area contributed by atoms with Crippen LogP contribution < -0.4 is 0 Å². The van der Waals surface area contributed by atoms with Crippen LogP contribution in [0.15, 0.2) is 0 Å². The van der Waals surface area contributed by atoms with Crippen LogP contribution in [0.1, 0.15) is 89.6 Å². The van der Waals surface area contributed by atoms with Gasteiger partial charge in [0.15, 0.2) is 0 Å². The van der Waals surface area contributed by atoms with Crippen molar-refractivity contribution in [1.29, 1.82) is 0 Å². The summed E-state index contributed by atoms with van der Waals surface area (Å²) in [7, 11) is 0. The van der Waals surface area contributed by atoms with Gasteiger partial charge in [-0.2, -0.15) is 0 Å². The molecule has 1 atom stereocenters. The van der Waals surface area contributed by atoms with E-state index >= 15 is 0 Å². The van der Waals surface area contributed by atoms with Crippen LogP contribution in [0.2, 0.25) is 0 Å². The summed E-state index contributed by atoms with van der Waals surface area (Å²) < 4.78 is 4.56. The van der Waals surface area contributed by atoms with Gasteiger partial charge in [0.25, 0.3) is 0 Å². The van der Waals surface area contributed by atoms with Crippen LogP contribution >= 0.6 is 0 Å². The lowest BCUT2D eigenvalue weighted by Crippen LogP contribution is -2.19. The Morgan fingerprint density at radius 3 is 2.38 bits per heavy atom. The highest BCUT2D eigenvalue weighted by molar-refractivity contribution is 5.11. The Labute approximate surface area is 144 Å². The minimum atomic E-state index is 0.115. The van der Waals surface area contributed by atoms with Gasteiger partial charge in [0.2, 0.25) is 0 Å². The monoisotopic (exact) mass is 330 g/mol. The third-order valence-corrected chi connectivity index (χ3v) is 4.82. The topological polar surface area (TPSA) is 61.4 Å². The summed E-state index contributed by atoms with van der Waals surface area (Å²) in [6.45, 7) is 14.3. The zero-order valence-corrected chi connectivity index (χ0v) is 15.9. The van der Waals surface area contributed by atoms with Gasteiger partial charge in [0, 0.05) is 36.8 Å². The van der Waals surface area contributed by atoms with Crippen LogP contribution in [0.5, 0.6) is 0 Å². The highest BCUT2D eigenvalue weighted by Crippen LogP contribution is 2.30. The van der Waals surface area contributed by atoms with Gasteiger partial charge in [-0.05, 0) is 19.8 Å². The summed E-state index contributed by atoms with van der Waals surface area (Å²) in [6, 6.07) is 0.583. The Kier molecular flexibility index (Phi) is 4.49. The Balaban J connectivity index is 0.000000143. The van der Waals surface area contributed by atoms with Crippen molar-refractivity contribution in [3.63, 3.8) is 0 Å². The van der Waals surface area contributed by atoms with E-state index in [2.05, 4.69) is 71.1 Å². The van der Waals surface area contributed by atoms with Crippen LogP contribution in [-0.2, 0) is 24.8 Å². The van der Waals surface area contributed by atoms with Crippen molar-refractivity contribution in [2.45, 2.75) is 91.1 Å². The van der Waals surface area contributed by atoms with Gasteiger partial charge in [-0.1, -0.05) is 34.6 Å². The molecule has 2 aromatic rings. The number of rotatable bonds is 1. The smallest absolute Gasteiger partial charge is 0.138 e. The highest BCUT2D eigenvalue weighted by atomic mass is 15.3. The molecule has 0 aromatic carbocycles. The molecule has 0 saturated heterocycles. The predicted molar refractivity (Wildman–Crippen MR) is 94.2 cm³/mol. The average Bonchev–Trinajstić information content (AvgIpc) is 3.19. The van der Waals surface area contributed by atoms with E-state index in [-0.39, 0.29) is 5.41 Å². The standard InChI is InChI=1S/C10H17N3.C8H13N3/c1-7-5-6-8-11-12-9(13(7)8)10(2,3)4;1-6(2)8-10-9-7-4-3-5-11(7)8/h7H,5-6H2,1-4H3;6H,3-5H2,1-2H3. The van der Waals surface area contributed by atoms with Crippen molar-refractivity contribution in [3.8, 4) is 0 Å². The van der Waals surface area contributed by atoms with Gasteiger partial charge in [0.05, 0.1) is 0 Å². The SMILES string of the molecule is CC(C)c1nnc2n1CCC2.CC1CCc2nnc(C(C)(C)C)n21. The highest BCUT2D eigenvalue weighted by Gasteiger charge is 2.29. The second kappa shape index (κ2) is 6.30. The van der Waals surface area contributed by atoms with E-state index in [1.807, 2.05) is 0 Å². The van der Waals surface area contributed by atoms with E-state index in [9.17, 15) is 0 Å². The average molecular weight is 330 g/mol. The second-order valence-electron chi connectivity index (χ2n) is 8.33. The molecule has 0 spiro atoms. The van der Waals surface area contributed by atoms with Gasteiger partial charge in [-0.25, -0.2) is 0 Å². The minimum absolute atomic E-state index is 0.115. The second-order valence-corrected chi connectivity index (χ2v) is 8.33. The molecule has 4 rings (SSSR count). The molecule has 0 aliphatic carbocycles. The first kappa shape index (κ1) is 17.1. The number of aryl methyl sites for hydroxylation is 2. The molecule has 2 aliphatic rings. The van der Waals surface area contributed by atoms with E-state index < -0.39 is 0 Å². The number of nitrogens with zero attached hydrogens (tertiary/aromatic N) is 6. The molecular formula is C18H30N6. The molecule has 0 amide bonds. The molecule has 1 unspecified atom stereocenters. The Hall–Kier alpha value is -1.72. The molecule has 2 aliphatic heterocycles. The zero-order valence-electron chi connectivity index (χ0n) is 15.9. The first-order chi connectivity index (χ1) is 11.3. The maximum atomic E-state index is 4.27. The maximum Gasteiger partial charge on any atom is 0.138 e. The van der Waals surface area contributed by atoms with E-state index in [1.165, 1.54) is 18.7 Å². The Bertz CT molecular complexity index is 704. The number of hydrogen-bond donors (Lipinski definition) is 0. The summed E-state index contributed by atoms with van der Waals surface area (Å²) >= 11 is 0. The number of aromatic nitrogens is 6. The van der Waals surface area contributed by atoms with Crippen LogP contribution in [0.4, 0.5) is 0 Å². The normalized spacial score (nSPS) is 19.2. The molecular weight excluding hydrogens is 300 g/mol. The first-order valence-corrected chi connectivity index (χ1v) is 9.15. The third-order valence-electron chi connectivity index (χ3n) is 4.82. The van der Waals surface area contributed by atoms with Gasteiger partial charge in [-0.15, -0.1) is 20.4 Å². The molecule has 2 aromatic heterocycles. The lowest BCUT2D eigenvalue weighted by atomic mass is 9.95. The first-order valence-electron chi connectivity index (χ1n) is 9.15. The lowest BCUT2D eigenvalue weighted by molar-refractivity contribution is 0.464. The Morgan fingerprint density at radius 1 is 1.00 bits per heavy atom. The van der Waals surface area contributed by atoms with E-state index in [4.69, 9.17) is 0 Å². The summed E-state index contributed by atoms with van der Waals surface area (Å²) in [6.07, 6.45) is 4.66. The van der Waals surface area contributed by atoms with Crippen LogP contribution in [0.3, 0.4) is 0 Å². The molecule has 0 fully saturated rings. The van der Waals surface area contributed by atoms with Crippen molar-refractivity contribution < 1.29 is 0 Å². The van der Waals surface area contributed by atoms with Crippen molar-refractivity contribution in [1.82, 2.24) is 29.5 Å². The lowest BCUT2D eigenvalue weighted by Gasteiger charge is -2.20. The zero-order chi connectivity index (χ0) is 17.5. The molecule has 6 nitrogen and oxygen atoms in total. The van der Waals surface area contributed by atoms with Crippen LogP contribution in [-0.4, -0.2) is 29.5 Å². The van der Waals surface area contributed by atoms with Gasteiger partial charge in [0.1, 0.15) is 23.3 Å².